The number of nitrogens with one attached hydrogen (secondary N) is 1. The van der Waals surface area contributed by atoms with Crippen LogP contribution in [-0.4, -0.2) is 28.2 Å². The van der Waals surface area contributed by atoms with Crippen molar-refractivity contribution in [2.75, 3.05) is 11.9 Å². The molecule has 0 saturated carbocycles. The summed E-state index contributed by atoms with van der Waals surface area (Å²) in [6.07, 6.45) is 1.71. The number of hydrogen-bond donors (Lipinski definition) is 2. The monoisotopic (exact) mass is 354 g/mol. The molecule has 1 heterocycles. The second-order valence-corrected chi connectivity index (χ2v) is 6.58. The van der Waals surface area contributed by atoms with Crippen LogP contribution in [0.25, 0.3) is 11.1 Å². The van der Waals surface area contributed by atoms with Gasteiger partial charge in [0.2, 0.25) is 0 Å². The molecule has 0 aliphatic heterocycles. The maximum absolute atomic E-state index is 11.2. The third-order valence-corrected chi connectivity index (χ3v) is 4.00. The SMILES string of the molecule is CC(C)(Oc1cccc(CCCNc2nc3ccccc3o2)c1)C(=O)O. The normalized spacial score (nSPS) is 11.5. The lowest BCUT2D eigenvalue weighted by Crippen LogP contribution is -2.37. The lowest BCUT2D eigenvalue weighted by molar-refractivity contribution is -0.152. The van der Waals surface area contributed by atoms with Crippen molar-refractivity contribution < 1.29 is 19.1 Å². The van der Waals surface area contributed by atoms with Gasteiger partial charge in [-0.25, -0.2) is 4.79 Å². The Balaban J connectivity index is 1.51. The molecule has 2 aromatic carbocycles. The van der Waals surface area contributed by atoms with Gasteiger partial charge in [-0.15, -0.1) is 0 Å². The summed E-state index contributed by atoms with van der Waals surface area (Å²) in [6.45, 7) is 3.79. The average Bonchev–Trinajstić information content (AvgIpc) is 3.01. The summed E-state index contributed by atoms with van der Waals surface area (Å²) < 4.78 is 11.2. The lowest BCUT2D eigenvalue weighted by atomic mass is 10.1. The average molecular weight is 354 g/mol. The van der Waals surface area contributed by atoms with Gasteiger partial charge in [0.05, 0.1) is 0 Å². The quantitative estimate of drug-likeness (QED) is 0.592. The molecule has 0 spiro atoms. The molecule has 0 radical (unpaired) electrons. The molecule has 0 aliphatic carbocycles. The van der Waals surface area contributed by atoms with Crippen LogP contribution in [0.15, 0.2) is 52.9 Å². The molecule has 2 N–H and O–H groups in total. The van der Waals surface area contributed by atoms with Gasteiger partial charge in [0, 0.05) is 6.54 Å². The fraction of sp³-hybridized carbons (Fsp3) is 0.300. The van der Waals surface area contributed by atoms with Crippen molar-refractivity contribution in [1.29, 1.82) is 0 Å². The number of carbonyl (C=O) groups is 1. The van der Waals surface area contributed by atoms with E-state index >= 15 is 0 Å². The van der Waals surface area contributed by atoms with E-state index in [1.54, 1.807) is 6.07 Å². The van der Waals surface area contributed by atoms with Crippen LogP contribution in [0.4, 0.5) is 6.01 Å². The number of oxazole rings is 1. The second-order valence-electron chi connectivity index (χ2n) is 6.58. The zero-order valence-electron chi connectivity index (χ0n) is 14.9. The van der Waals surface area contributed by atoms with E-state index in [-0.39, 0.29) is 0 Å². The Morgan fingerprint density at radius 2 is 2.04 bits per heavy atom. The number of aliphatic carboxylic acids is 1. The zero-order chi connectivity index (χ0) is 18.6. The number of ether oxygens (including phenoxy) is 1. The number of carboxylic acids is 1. The number of anilines is 1. The Kier molecular flexibility index (Phi) is 5.11. The van der Waals surface area contributed by atoms with Gasteiger partial charge in [0.15, 0.2) is 11.2 Å². The maximum Gasteiger partial charge on any atom is 0.347 e. The first-order valence-electron chi connectivity index (χ1n) is 8.55. The fourth-order valence-electron chi connectivity index (χ4n) is 2.54. The molecule has 3 aromatic rings. The van der Waals surface area contributed by atoms with Crippen LogP contribution >= 0.6 is 0 Å². The summed E-state index contributed by atoms with van der Waals surface area (Å²) in [4.78, 5) is 15.5. The third kappa shape index (κ3) is 4.33. The molecule has 26 heavy (non-hydrogen) atoms. The van der Waals surface area contributed by atoms with Crippen molar-refractivity contribution in [3.63, 3.8) is 0 Å². The summed E-state index contributed by atoms with van der Waals surface area (Å²) in [6, 6.07) is 15.7. The molecule has 0 amide bonds. The Bertz CT molecular complexity index is 868. The second kappa shape index (κ2) is 7.47. The Morgan fingerprint density at radius 3 is 2.81 bits per heavy atom. The highest BCUT2D eigenvalue weighted by Gasteiger charge is 2.29. The van der Waals surface area contributed by atoms with E-state index in [0.29, 0.717) is 11.8 Å². The maximum atomic E-state index is 11.2. The van der Waals surface area contributed by atoms with Crippen LogP contribution in [0, 0.1) is 0 Å². The summed E-state index contributed by atoms with van der Waals surface area (Å²) >= 11 is 0. The minimum Gasteiger partial charge on any atom is -0.478 e. The summed E-state index contributed by atoms with van der Waals surface area (Å²) in [5, 5.41) is 12.3. The Labute approximate surface area is 151 Å². The minimum atomic E-state index is -1.26. The van der Waals surface area contributed by atoms with Crippen LogP contribution in [0.5, 0.6) is 5.75 Å². The van der Waals surface area contributed by atoms with E-state index in [2.05, 4.69) is 10.3 Å². The molecule has 0 fully saturated rings. The summed E-state index contributed by atoms with van der Waals surface area (Å²) in [7, 11) is 0. The number of rotatable bonds is 8. The molecule has 0 unspecified atom stereocenters. The first-order chi connectivity index (χ1) is 12.4. The van der Waals surface area contributed by atoms with Gasteiger partial charge < -0.3 is 19.6 Å². The van der Waals surface area contributed by atoms with E-state index in [9.17, 15) is 4.79 Å². The number of aryl methyl sites for hydroxylation is 1. The van der Waals surface area contributed by atoms with Crippen LogP contribution in [0.1, 0.15) is 25.8 Å². The third-order valence-electron chi connectivity index (χ3n) is 4.00. The fourth-order valence-corrected chi connectivity index (χ4v) is 2.54. The first kappa shape index (κ1) is 17.8. The molecule has 0 aliphatic rings. The molecule has 1 aromatic heterocycles. The minimum absolute atomic E-state index is 0.520. The number of aromatic nitrogens is 1. The largest absolute Gasteiger partial charge is 0.478 e. The van der Waals surface area contributed by atoms with Crippen LogP contribution in [0.2, 0.25) is 0 Å². The van der Waals surface area contributed by atoms with E-state index < -0.39 is 11.6 Å². The number of nitrogens with zero attached hydrogens (tertiary/aromatic N) is 1. The van der Waals surface area contributed by atoms with Gasteiger partial charge in [-0.3, -0.25) is 0 Å². The van der Waals surface area contributed by atoms with Gasteiger partial charge in [-0.2, -0.15) is 4.98 Å². The standard InChI is InChI=1S/C20H22N2O4/c1-20(2,18(23)24)26-15-9-5-7-14(13-15)8-6-12-21-19-22-16-10-3-4-11-17(16)25-19/h3-5,7,9-11,13H,6,8,12H2,1-2H3,(H,21,22)(H,23,24). The molecular formula is C20H22N2O4. The van der Waals surface area contributed by atoms with Crippen molar-refractivity contribution in [2.45, 2.75) is 32.3 Å². The Hall–Kier alpha value is -3.02. The topological polar surface area (TPSA) is 84.6 Å². The summed E-state index contributed by atoms with van der Waals surface area (Å²) in [5.74, 6) is -0.438. The van der Waals surface area contributed by atoms with Gasteiger partial charge in [0.1, 0.15) is 11.3 Å². The predicted molar refractivity (Wildman–Crippen MR) is 99.6 cm³/mol. The first-order valence-corrected chi connectivity index (χ1v) is 8.55. The van der Waals surface area contributed by atoms with Gasteiger partial charge >= 0.3 is 5.97 Å². The van der Waals surface area contributed by atoms with Crippen molar-refractivity contribution in [3.05, 3.63) is 54.1 Å². The van der Waals surface area contributed by atoms with Gasteiger partial charge in [-0.05, 0) is 56.5 Å². The smallest absolute Gasteiger partial charge is 0.347 e. The molecule has 0 atom stereocenters. The van der Waals surface area contributed by atoms with Crippen molar-refractivity contribution in [2.24, 2.45) is 0 Å². The Morgan fingerprint density at radius 1 is 1.23 bits per heavy atom. The molecule has 136 valence electrons. The van der Waals surface area contributed by atoms with E-state index in [0.717, 1.165) is 36.0 Å². The van der Waals surface area contributed by atoms with Crippen LogP contribution < -0.4 is 10.1 Å². The van der Waals surface area contributed by atoms with Crippen LogP contribution in [0.3, 0.4) is 0 Å². The molecule has 6 heteroatoms. The zero-order valence-corrected chi connectivity index (χ0v) is 14.9. The molecule has 3 rings (SSSR count). The lowest BCUT2D eigenvalue weighted by Gasteiger charge is -2.21. The molecule has 0 bridgehead atoms. The molecular weight excluding hydrogens is 332 g/mol. The van der Waals surface area contributed by atoms with E-state index in [4.69, 9.17) is 14.3 Å². The van der Waals surface area contributed by atoms with Crippen molar-refractivity contribution in [3.8, 4) is 5.75 Å². The van der Waals surface area contributed by atoms with Gasteiger partial charge in [-0.1, -0.05) is 24.3 Å². The number of para-hydroxylation sites is 2. The highest BCUT2D eigenvalue weighted by molar-refractivity contribution is 5.76. The molecule has 6 nitrogen and oxygen atoms in total. The van der Waals surface area contributed by atoms with E-state index in [1.165, 1.54) is 13.8 Å². The van der Waals surface area contributed by atoms with Gasteiger partial charge in [0.25, 0.3) is 6.01 Å². The summed E-state index contributed by atoms with van der Waals surface area (Å²) in [5.41, 5.74) is 1.43. The van der Waals surface area contributed by atoms with E-state index in [1.807, 2.05) is 42.5 Å². The molecule has 0 saturated heterocycles. The highest BCUT2D eigenvalue weighted by atomic mass is 16.5. The van der Waals surface area contributed by atoms with Crippen LogP contribution in [-0.2, 0) is 11.2 Å². The highest BCUT2D eigenvalue weighted by Crippen LogP contribution is 2.21. The number of carboxylic acid groups (broad SMARTS) is 1. The van der Waals surface area contributed by atoms with Crippen molar-refractivity contribution in [1.82, 2.24) is 4.98 Å². The van der Waals surface area contributed by atoms with Crippen molar-refractivity contribution >= 4 is 23.1 Å². The predicted octanol–water partition coefficient (Wildman–Crippen LogP) is 4.11. The number of fused-ring (bicyclic) bond motifs is 1. The number of hydrogen-bond acceptors (Lipinski definition) is 5. The number of benzene rings is 2.